The van der Waals surface area contributed by atoms with Crippen LogP contribution in [0.15, 0.2) is 42.5 Å². The number of hydrogen-bond donors (Lipinski definition) is 2. The molecule has 0 aliphatic carbocycles. The van der Waals surface area contributed by atoms with Crippen molar-refractivity contribution in [3.8, 4) is 11.5 Å². The molecule has 6 rings (SSSR count). The van der Waals surface area contributed by atoms with E-state index < -0.39 is 6.04 Å². The molecule has 2 aromatic carbocycles. The normalized spacial score (nSPS) is 22.2. The molecule has 35 heavy (non-hydrogen) atoms. The third kappa shape index (κ3) is 3.72. The van der Waals surface area contributed by atoms with Crippen LogP contribution in [0.1, 0.15) is 35.7 Å². The molecule has 2 fully saturated rings. The van der Waals surface area contributed by atoms with Crippen molar-refractivity contribution in [1.82, 2.24) is 19.7 Å². The number of phenolic OH excluding ortho intramolecular Hbond substituents is 1. The average Bonchev–Trinajstić information content (AvgIpc) is 3.56. The number of fused-ring (bicyclic) bond motifs is 4. The number of urea groups is 1. The van der Waals surface area contributed by atoms with Gasteiger partial charge >= 0.3 is 6.03 Å². The van der Waals surface area contributed by atoms with Crippen LogP contribution in [-0.2, 0) is 17.6 Å². The summed E-state index contributed by atoms with van der Waals surface area (Å²) in [5, 5.41) is 11.1. The molecule has 2 atom stereocenters. The summed E-state index contributed by atoms with van der Waals surface area (Å²) in [4.78, 5) is 36.3. The first-order chi connectivity index (χ1) is 17.0. The number of aromatic amines is 1. The lowest BCUT2D eigenvalue weighted by Gasteiger charge is -2.36. The molecule has 1 aromatic heterocycles. The van der Waals surface area contributed by atoms with Crippen molar-refractivity contribution < 1.29 is 19.4 Å². The zero-order valence-electron chi connectivity index (χ0n) is 19.9. The van der Waals surface area contributed by atoms with Crippen LogP contribution >= 0.6 is 0 Å². The Bertz CT molecular complexity index is 1300. The molecule has 0 bridgehead atoms. The van der Waals surface area contributed by atoms with Crippen LogP contribution in [0.2, 0.25) is 0 Å². The average molecular weight is 475 g/mol. The molecule has 3 aromatic rings. The third-order valence-electron chi connectivity index (χ3n) is 7.73. The predicted molar refractivity (Wildman–Crippen MR) is 132 cm³/mol. The summed E-state index contributed by atoms with van der Waals surface area (Å²) in [5.41, 5.74) is 3.89. The minimum absolute atomic E-state index is 0.113. The Labute approximate surface area is 204 Å². The number of phenols is 1. The molecule has 4 heterocycles. The maximum atomic E-state index is 13.7. The van der Waals surface area contributed by atoms with Crippen LogP contribution in [0.25, 0.3) is 10.9 Å². The molecule has 3 aliphatic heterocycles. The number of carbonyl (C=O) groups is 2. The van der Waals surface area contributed by atoms with E-state index in [4.69, 9.17) is 4.74 Å². The second-order valence-electron chi connectivity index (χ2n) is 9.77. The number of H-pyrrole nitrogens is 1. The number of nitrogens with one attached hydrogen (secondary N) is 1. The molecular weight excluding hydrogens is 444 g/mol. The Kier molecular flexibility index (Phi) is 5.40. The smallest absolute Gasteiger partial charge is 0.328 e. The van der Waals surface area contributed by atoms with Gasteiger partial charge in [-0.2, -0.15) is 0 Å². The Morgan fingerprint density at radius 3 is 2.69 bits per heavy atom. The highest BCUT2D eigenvalue weighted by molar-refractivity contribution is 6.05. The maximum Gasteiger partial charge on any atom is 0.328 e. The quantitative estimate of drug-likeness (QED) is 0.534. The topological polar surface area (TPSA) is 89.1 Å². The minimum Gasteiger partial charge on any atom is -0.508 e. The van der Waals surface area contributed by atoms with Crippen LogP contribution in [0.4, 0.5) is 4.79 Å². The molecule has 0 radical (unpaired) electrons. The Hall–Kier alpha value is -3.52. The van der Waals surface area contributed by atoms with Gasteiger partial charge in [0, 0.05) is 36.1 Å². The highest BCUT2D eigenvalue weighted by Gasteiger charge is 2.52. The molecule has 0 spiro atoms. The maximum absolute atomic E-state index is 13.7. The zero-order valence-corrected chi connectivity index (χ0v) is 19.9. The van der Waals surface area contributed by atoms with E-state index in [0.29, 0.717) is 19.4 Å². The van der Waals surface area contributed by atoms with Crippen LogP contribution in [0.3, 0.4) is 0 Å². The molecule has 2 N–H and O–H groups in total. The van der Waals surface area contributed by atoms with Crippen molar-refractivity contribution >= 4 is 22.8 Å². The monoisotopic (exact) mass is 474 g/mol. The minimum atomic E-state index is -0.527. The molecule has 2 saturated heterocycles. The highest BCUT2D eigenvalue weighted by Crippen LogP contribution is 2.43. The van der Waals surface area contributed by atoms with E-state index in [9.17, 15) is 14.7 Å². The fourth-order valence-corrected chi connectivity index (χ4v) is 5.97. The number of likely N-dealkylation sites (tertiary alicyclic amines) is 1. The number of ether oxygens (including phenoxy) is 1. The SMILES string of the molecule is COc1ccc2[nH]c3c(c2c1)C[C@H]1C(=O)N(CCN2CCCC2)C(=O)N1C3Cc1cccc(O)c1. The molecule has 182 valence electrons. The second-order valence-corrected chi connectivity index (χ2v) is 9.77. The van der Waals surface area contributed by atoms with Gasteiger partial charge in [0.25, 0.3) is 5.91 Å². The molecule has 8 nitrogen and oxygen atoms in total. The number of imide groups is 1. The summed E-state index contributed by atoms with van der Waals surface area (Å²) >= 11 is 0. The van der Waals surface area contributed by atoms with Crippen molar-refractivity contribution in [3.05, 3.63) is 59.3 Å². The molecule has 1 unspecified atom stereocenters. The van der Waals surface area contributed by atoms with E-state index in [1.165, 1.54) is 17.7 Å². The van der Waals surface area contributed by atoms with Crippen LogP contribution in [0, 0.1) is 0 Å². The number of aromatic hydroxyl groups is 1. The second kappa shape index (κ2) is 8.61. The summed E-state index contributed by atoms with van der Waals surface area (Å²) < 4.78 is 5.45. The van der Waals surface area contributed by atoms with Crippen molar-refractivity contribution in [2.45, 2.75) is 37.8 Å². The van der Waals surface area contributed by atoms with E-state index in [2.05, 4.69) is 9.88 Å². The number of aromatic nitrogens is 1. The summed E-state index contributed by atoms with van der Waals surface area (Å²) in [7, 11) is 1.64. The number of carbonyl (C=O) groups excluding carboxylic acids is 2. The van der Waals surface area contributed by atoms with Gasteiger partial charge in [0.05, 0.1) is 13.2 Å². The van der Waals surface area contributed by atoms with Crippen LogP contribution in [0.5, 0.6) is 11.5 Å². The van der Waals surface area contributed by atoms with E-state index >= 15 is 0 Å². The van der Waals surface area contributed by atoms with Gasteiger partial charge in [0.1, 0.15) is 17.5 Å². The lowest BCUT2D eigenvalue weighted by atomic mass is 9.89. The van der Waals surface area contributed by atoms with Crippen molar-refractivity contribution in [2.75, 3.05) is 33.3 Å². The van der Waals surface area contributed by atoms with Gasteiger partial charge in [-0.05, 0) is 73.8 Å². The fourth-order valence-electron chi connectivity index (χ4n) is 5.97. The number of amides is 3. The summed E-state index contributed by atoms with van der Waals surface area (Å²) in [6.07, 6.45) is 3.33. The summed E-state index contributed by atoms with van der Waals surface area (Å²) in [6, 6.07) is 11.9. The Morgan fingerprint density at radius 2 is 1.91 bits per heavy atom. The number of hydrogen-bond acceptors (Lipinski definition) is 5. The van der Waals surface area contributed by atoms with Gasteiger partial charge < -0.3 is 24.6 Å². The lowest BCUT2D eigenvalue weighted by Crippen LogP contribution is -2.44. The standard InChI is InChI=1S/C27H30N4O4/c1-35-19-7-8-22-20(15-19)21-16-24-26(33)30(12-11-29-9-2-3-10-29)27(34)31(24)23(25(21)28-22)14-17-5-4-6-18(32)13-17/h4-8,13,15,23-24,28,32H,2-3,9-12,14,16H2,1H3/t23?,24-/m0/s1. The largest absolute Gasteiger partial charge is 0.508 e. The van der Waals surface area contributed by atoms with E-state index in [0.717, 1.165) is 53.1 Å². The van der Waals surface area contributed by atoms with Crippen LogP contribution < -0.4 is 4.74 Å². The van der Waals surface area contributed by atoms with Gasteiger partial charge in [-0.15, -0.1) is 0 Å². The molecular formula is C27H30N4O4. The molecule has 8 heteroatoms. The molecule has 3 aliphatic rings. The van der Waals surface area contributed by atoms with Crippen molar-refractivity contribution in [1.29, 1.82) is 0 Å². The van der Waals surface area contributed by atoms with Gasteiger partial charge in [0.2, 0.25) is 0 Å². The highest BCUT2D eigenvalue weighted by atomic mass is 16.5. The van der Waals surface area contributed by atoms with Gasteiger partial charge in [-0.25, -0.2) is 4.79 Å². The molecule has 0 saturated carbocycles. The van der Waals surface area contributed by atoms with E-state index in [1.807, 2.05) is 24.3 Å². The Balaban J connectivity index is 1.39. The Morgan fingerprint density at radius 1 is 1.09 bits per heavy atom. The zero-order chi connectivity index (χ0) is 24.1. The first-order valence-electron chi connectivity index (χ1n) is 12.4. The van der Waals surface area contributed by atoms with E-state index in [-0.39, 0.29) is 23.7 Å². The summed E-state index contributed by atoms with van der Waals surface area (Å²) in [5.74, 6) is 0.831. The summed E-state index contributed by atoms with van der Waals surface area (Å²) in [6.45, 7) is 3.20. The first-order valence-corrected chi connectivity index (χ1v) is 12.4. The third-order valence-corrected chi connectivity index (χ3v) is 7.73. The molecule has 3 amide bonds. The van der Waals surface area contributed by atoms with Gasteiger partial charge in [-0.1, -0.05) is 12.1 Å². The fraction of sp³-hybridized carbons (Fsp3) is 0.407. The van der Waals surface area contributed by atoms with E-state index in [1.54, 1.807) is 30.2 Å². The number of nitrogens with zero attached hydrogens (tertiary/aromatic N) is 3. The van der Waals surface area contributed by atoms with Crippen molar-refractivity contribution in [2.24, 2.45) is 0 Å². The van der Waals surface area contributed by atoms with Gasteiger partial charge in [-0.3, -0.25) is 9.69 Å². The predicted octanol–water partition coefficient (Wildman–Crippen LogP) is 3.45. The first kappa shape index (κ1) is 22.0. The van der Waals surface area contributed by atoms with Crippen LogP contribution in [-0.4, -0.2) is 76.1 Å². The number of methoxy groups -OCH3 is 1. The van der Waals surface area contributed by atoms with Gasteiger partial charge in [0.15, 0.2) is 0 Å². The number of benzene rings is 2. The lowest BCUT2D eigenvalue weighted by molar-refractivity contribution is -0.128. The van der Waals surface area contributed by atoms with Crippen molar-refractivity contribution in [3.63, 3.8) is 0 Å². The number of rotatable bonds is 6.